The molecule has 1 aliphatic carbocycles. The number of ether oxygens (including phenoxy) is 2. The maximum atomic E-state index is 6.09. The van der Waals surface area contributed by atoms with Gasteiger partial charge in [0.2, 0.25) is 0 Å². The predicted molar refractivity (Wildman–Crippen MR) is 55.3 cm³/mol. The van der Waals surface area contributed by atoms with E-state index in [1.165, 1.54) is 32.1 Å². The third-order valence-corrected chi connectivity index (χ3v) is 4.05. The van der Waals surface area contributed by atoms with E-state index in [2.05, 4.69) is 15.9 Å². The van der Waals surface area contributed by atoms with Crippen LogP contribution in [0.15, 0.2) is 0 Å². The van der Waals surface area contributed by atoms with Gasteiger partial charge in [-0.15, -0.1) is 0 Å². The van der Waals surface area contributed by atoms with Crippen molar-refractivity contribution in [3.05, 3.63) is 0 Å². The molecule has 2 fully saturated rings. The molecular formula is C10H17BrO2. The number of halogens is 1. The Morgan fingerprint density at radius 3 is 2.38 bits per heavy atom. The van der Waals surface area contributed by atoms with Gasteiger partial charge in [-0.25, -0.2) is 0 Å². The first-order chi connectivity index (χ1) is 6.35. The van der Waals surface area contributed by atoms with Gasteiger partial charge in [-0.05, 0) is 12.8 Å². The Bertz CT molecular complexity index is 162. The van der Waals surface area contributed by atoms with Gasteiger partial charge in [0.1, 0.15) is 6.10 Å². The zero-order chi connectivity index (χ0) is 9.15. The van der Waals surface area contributed by atoms with Gasteiger partial charge in [-0.2, -0.15) is 0 Å². The largest absolute Gasteiger partial charge is 0.376 e. The lowest BCUT2D eigenvalue weighted by Gasteiger charge is -2.41. The second-order valence-corrected chi connectivity index (χ2v) is 4.72. The van der Waals surface area contributed by atoms with Crippen LogP contribution in [0.25, 0.3) is 0 Å². The Morgan fingerprint density at radius 2 is 1.92 bits per heavy atom. The molecule has 0 aromatic heterocycles. The van der Waals surface area contributed by atoms with E-state index in [0.717, 1.165) is 18.5 Å². The molecule has 76 valence electrons. The Labute approximate surface area is 88.1 Å². The van der Waals surface area contributed by atoms with Crippen LogP contribution in [0.1, 0.15) is 32.1 Å². The van der Waals surface area contributed by atoms with Gasteiger partial charge in [0.25, 0.3) is 0 Å². The Balaban J connectivity index is 1.88. The normalized spacial score (nSPS) is 28.4. The average molecular weight is 249 g/mol. The third-order valence-electron chi connectivity index (χ3n) is 3.03. The molecule has 2 nitrogen and oxygen atoms in total. The van der Waals surface area contributed by atoms with E-state index in [4.69, 9.17) is 9.47 Å². The van der Waals surface area contributed by atoms with Crippen molar-refractivity contribution in [2.75, 3.05) is 18.5 Å². The molecule has 0 aromatic carbocycles. The molecule has 1 heterocycles. The Morgan fingerprint density at radius 1 is 1.23 bits per heavy atom. The molecule has 2 aliphatic rings. The van der Waals surface area contributed by atoms with Gasteiger partial charge >= 0.3 is 0 Å². The van der Waals surface area contributed by atoms with Crippen LogP contribution < -0.4 is 0 Å². The maximum Gasteiger partial charge on any atom is 0.105 e. The minimum absolute atomic E-state index is 0.132. The minimum atomic E-state index is 0.132. The molecule has 0 unspecified atom stereocenters. The molecular weight excluding hydrogens is 232 g/mol. The zero-order valence-electron chi connectivity index (χ0n) is 7.93. The summed E-state index contributed by atoms with van der Waals surface area (Å²) in [7, 11) is 0. The first-order valence-electron chi connectivity index (χ1n) is 5.16. The number of hydrogen-bond donors (Lipinski definition) is 0. The molecule has 0 amide bonds. The van der Waals surface area contributed by atoms with E-state index in [-0.39, 0.29) is 5.60 Å². The fourth-order valence-corrected chi connectivity index (χ4v) is 2.81. The molecule has 1 aliphatic heterocycles. The first-order valence-corrected chi connectivity index (χ1v) is 6.28. The summed E-state index contributed by atoms with van der Waals surface area (Å²) in [6.07, 6.45) is 6.82. The van der Waals surface area contributed by atoms with Crippen LogP contribution in [0.3, 0.4) is 0 Å². The van der Waals surface area contributed by atoms with Crippen molar-refractivity contribution >= 4 is 15.9 Å². The Kier molecular flexibility index (Phi) is 3.27. The molecule has 0 bridgehead atoms. The summed E-state index contributed by atoms with van der Waals surface area (Å²) in [5.41, 5.74) is 0.132. The number of hydrogen-bond acceptors (Lipinski definition) is 2. The lowest BCUT2D eigenvalue weighted by atomic mass is 9.86. The van der Waals surface area contributed by atoms with Crippen molar-refractivity contribution in [2.45, 2.75) is 43.8 Å². The average Bonchev–Trinajstić information content (AvgIpc) is 2.13. The van der Waals surface area contributed by atoms with Gasteiger partial charge in [-0.3, -0.25) is 0 Å². The van der Waals surface area contributed by atoms with Crippen LogP contribution in [0, 0.1) is 0 Å². The van der Waals surface area contributed by atoms with Crippen LogP contribution in [0.5, 0.6) is 0 Å². The molecule has 2 rings (SSSR count). The summed E-state index contributed by atoms with van der Waals surface area (Å²) in [5, 5.41) is 0.983. The molecule has 13 heavy (non-hydrogen) atoms. The van der Waals surface area contributed by atoms with Crippen LogP contribution in [-0.2, 0) is 9.47 Å². The highest BCUT2D eigenvalue weighted by Gasteiger charge is 2.36. The van der Waals surface area contributed by atoms with Gasteiger partial charge in [-0.1, -0.05) is 35.2 Å². The highest BCUT2D eigenvalue weighted by Crippen LogP contribution is 2.35. The van der Waals surface area contributed by atoms with E-state index in [0.29, 0.717) is 6.10 Å². The molecule has 0 spiro atoms. The predicted octanol–water partition coefficient (Wildman–Crippen LogP) is 2.50. The second kappa shape index (κ2) is 4.28. The first kappa shape index (κ1) is 9.94. The maximum absolute atomic E-state index is 6.09. The second-order valence-electron chi connectivity index (χ2n) is 4.15. The SMILES string of the molecule is BrCC1(OC2COC2)CCCCC1. The van der Waals surface area contributed by atoms with Crippen molar-refractivity contribution in [2.24, 2.45) is 0 Å². The number of alkyl halides is 1. The fraction of sp³-hybridized carbons (Fsp3) is 1.00. The van der Waals surface area contributed by atoms with Crippen molar-refractivity contribution < 1.29 is 9.47 Å². The summed E-state index contributed by atoms with van der Waals surface area (Å²) in [4.78, 5) is 0. The van der Waals surface area contributed by atoms with Gasteiger partial charge in [0.05, 0.1) is 18.8 Å². The smallest absolute Gasteiger partial charge is 0.105 e. The topological polar surface area (TPSA) is 18.5 Å². The Hall–Kier alpha value is 0.400. The summed E-state index contributed by atoms with van der Waals surface area (Å²) < 4.78 is 11.2. The highest BCUT2D eigenvalue weighted by atomic mass is 79.9. The van der Waals surface area contributed by atoms with Crippen LogP contribution >= 0.6 is 15.9 Å². The van der Waals surface area contributed by atoms with Crippen molar-refractivity contribution in [1.82, 2.24) is 0 Å². The highest BCUT2D eigenvalue weighted by molar-refractivity contribution is 9.09. The van der Waals surface area contributed by atoms with Crippen LogP contribution in [0.2, 0.25) is 0 Å². The molecule has 1 saturated carbocycles. The molecule has 0 aromatic rings. The lowest BCUT2D eigenvalue weighted by molar-refractivity contribution is -0.193. The fourth-order valence-electron chi connectivity index (χ4n) is 2.11. The zero-order valence-corrected chi connectivity index (χ0v) is 9.51. The monoisotopic (exact) mass is 248 g/mol. The minimum Gasteiger partial charge on any atom is -0.376 e. The summed E-state index contributed by atoms with van der Waals surface area (Å²) in [5.74, 6) is 0. The van der Waals surface area contributed by atoms with E-state index in [9.17, 15) is 0 Å². The quantitative estimate of drug-likeness (QED) is 0.715. The molecule has 3 heteroatoms. The lowest BCUT2D eigenvalue weighted by Crippen LogP contribution is -2.47. The van der Waals surface area contributed by atoms with Gasteiger partial charge < -0.3 is 9.47 Å². The summed E-state index contributed by atoms with van der Waals surface area (Å²) in [6, 6.07) is 0. The molecule has 0 atom stereocenters. The number of rotatable bonds is 3. The van der Waals surface area contributed by atoms with Crippen molar-refractivity contribution in [3.8, 4) is 0 Å². The van der Waals surface area contributed by atoms with Crippen molar-refractivity contribution in [3.63, 3.8) is 0 Å². The molecule has 0 N–H and O–H groups in total. The van der Waals surface area contributed by atoms with Gasteiger partial charge in [0.15, 0.2) is 0 Å². The standard InChI is InChI=1S/C10H17BrO2/c11-8-10(4-2-1-3-5-10)13-9-6-12-7-9/h9H,1-8H2. The van der Waals surface area contributed by atoms with Gasteiger partial charge in [0, 0.05) is 5.33 Å². The van der Waals surface area contributed by atoms with E-state index in [1.54, 1.807) is 0 Å². The molecule has 0 radical (unpaired) electrons. The van der Waals surface area contributed by atoms with E-state index in [1.807, 2.05) is 0 Å². The molecule has 1 saturated heterocycles. The van der Waals surface area contributed by atoms with Crippen LogP contribution in [0.4, 0.5) is 0 Å². The van der Waals surface area contributed by atoms with Crippen molar-refractivity contribution in [1.29, 1.82) is 0 Å². The van der Waals surface area contributed by atoms with E-state index >= 15 is 0 Å². The summed E-state index contributed by atoms with van der Waals surface area (Å²) >= 11 is 3.58. The van der Waals surface area contributed by atoms with Crippen LogP contribution in [-0.4, -0.2) is 30.2 Å². The van der Waals surface area contributed by atoms with E-state index < -0.39 is 0 Å². The third kappa shape index (κ3) is 2.25. The summed E-state index contributed by atoms with van der Waals surface area (Å²) in [6.45, 7) is 1.60.